The summed E-state index contributed by atoms with van der Waals surface area (Å²) in [5, 5.41) is 0. The summed E-state index contributed by atoms with van der Waals surface area (Å²) in [6.07, 6.45) is 0. The van der Waals surface area contributed by atoms with Crippen LogP contribution in [0.2, 0.25) is 0 Å². The molecule has 0 aromatic heterocycles. The van der Waals surface area contributed by atoms with Crippen LogP contribution in [0.5, 0.6) is 5.75 Å². The van der Waals surface area contributed by atoms with Crippen molar-refractivity contribution < 1.29 is 73.5 Å². The van der Waals surface area contributed by atoms with Gasteiger partial charge < -0.3 is 17.7 Å². The maximum Gasteiger partial charge on any atom is 1.00 e. The van der Waals surface area contributed by atoms with Gasteiger partial charge in [0.1, 0.15) is 12.4 Å². The summed E-state index contributed by atoms with van der Waals surface area (Å²) >= 11 is 0. The Labute approximate surface area is 156 Å². The van der Waals surface area contributed by atoms with E-state index in [1.807, 2.05) is 0 Å². The molecular weight excluding hydrogens is 298 g/mol. The van der Waals surface area contributed by atoms with E-state index in [9.17, 15) is 17.3 Å². The smallest absolute Gasteiger partial charge is 0.492 e. The van der Waals surface area contributed by atoms with Crippen LogP contribution < -0.4 is 61.6 Å². The first-order valence-electron chi connectivity index (χ1n) is 5.63. The predicted molar refractivity (Wildman–Crippen MR) is 65.9 cm³/mol. The van der Waals surface area contributed by atoms with E-state index >= 15 is 0 Å². The van der Waals surface area contributed by atoms with Gasteiger partial charge in [-0.1, -0.05) is 35.8 Å². The van der Waals surface area contributed by atoms with Gasteiger partial charge in [-0.3, -0.25) is 0 Å². The Hall–Kier alpha value is -0.339. The van der Waals surface area contributed by atoms with E-state index in [0.717, 1.165) is 17.7 Å². The van der Waals surface area contributed by atoms with Gasteiger partial charge in [0.15, 0.2) is 0 Å². The number of ether oxygens (including phenoxy) is 1. The standard InChI is InChI=1S/C13H10BF4O.K/c15-11-6-7-13(12(8-11)14(16,17)18)19-9-10-4-2-1-3-5-10;/h1-8H,9H2;/q-1;+1. The molecule has 100 valence electrons. The van der Waals surface area contributed by atoms with E-state index in [2.05, 4.69) is 0 Å². The average Bonchev–Trinajstić information content (AvgIpc) is 2.37. The van der Waals surface area contributed by atoms with Crippen molar-refractivity contribution >= 4 is 12.4 Å². The zero-order chi connectivity index (χ0) is 13.9. The number of halogens is 4. The average molecular weight is 308 g/mol. The van der Waals surface area contributed by atoms with Crippen molar-refractivity contribution in [3.05, 3.63) is 59.9 Å². The minimum atomic E-state index is -5.31. The molecule has 1 nitrogen and oxygen atoms in total. The van der Waals surface area contributed by atoms with Crippen LogP contribution in [0.25, 0.3) is 0 Å². The van der Waals surface area contributed by atoms with Crippen LogP contribution in [0.4, 0.5) is 17.3 Å². The van der Waals surface area contributed by atoms with Crippen LogP contribution in [-0.2, 0) is 6.61 Å². The van der Waals surface area contributed by atoms with Crippen molar-refractivity contribution in [1.29, 1.82) is 0 Å². The first-order valence-corrected chi connectivity index (χ1v) is 5.63. The Bertz CT molecular complexity index is 560. The molecule has 0 radical (unpaired) electrons. The molecule has 7 heteroatoms. The fraction of sp³-hybridized carbons (Fsp3) is 0.0769. The normalized spacial score (nSPS) is 10.8. The molecule has 0 unspecified atom stereocenters. The van der Waals surface area contributed by atoms with E-state index in [-0.39, 0.29) is 63.7 Å². The van der Waals surface area contributed by atoms with Gasteiger partial charge in [-0.25, -0.2) is 4.39 Å². The van der Waals surface area contributed by atoms with Crippen molar-refractivity contribution in [2.24, 2.45) is 0 Å². The number of hydrogen-bond donors (Lipinski definition) is 0. The van der Waals surface area contributed by atoms with E-state index in [1.165, 1.54) is 0 Å². The van der Waals surface area contributed by atoms with E-state index in [1.54, 1.807) is 30.3 Å². The quantitative estimate of drug-likeness (QED) is 0.589. The number of rotatable bonds is 4. The van der Waals surface area contributed by atoms with Crippen LogP contribution in [0.3, 0.4) is 0 Å². The van der Waals surface area contributed by atoms with Crippen LogP contribution >= 0.6 is 0 Å². The second kappa shape index (κ2) is 7.61. The van der Waals surface area contributed by atoms with E-state index in [0.29, 0.717) is 6.07 Å². The number of hydrogen-bond acceptors (Lipinski definition) is 1. The summed E-state index contributed by atoms with van der Waals surface area (Å²) in [5.74, 6) is -1.28. The fourth-order valence-corrected chi connectivity index (χ4v) is 1.64. The third-order valence-corrected chi connectivity index (χ3v) is 2.56. The first-order chi connectivity index (χ1) is 8.97. The Morgan fingerprint density at radius 1 is 0.950 bits per heavy atom. The Kier molecular flexibility index (Phi) is 6.74. The minimum Gasteiger partial charge on any atom is -0.492 e. The van der Waals surface area contributed by atoms with Gasteiger partial charge in [-0.15, -0.1) is 0 Å². The Morgan fingerprint density at radius 2 is 1.60 bits per heavy atom. The maximum absolute atomic E-state index is 12.9. The molecule has 0 amide bonds. The predicted octanol–water partition coefficient (Wildman–Crippen LogP) is 0.463. The van der Waals surface area contributed by atoms with Crippen LogP contribution in [0.15, 0.2) is 48.5 Å². The van der Waals surface area contributed by atoms with Gasteiger partial charge in [0.2, 0.25) is 0 Å². The summed E-state index contributed by atoms with van der Waals surface area (Å²) in [4.78, 5) is 0. The molecule has 2 aromatic carbocycles. The molecular formula is C13H10BF4KO. The van der Waals surface area contributed by atoms with Crippen molar-refractivity contribution in [3.63, 3.8) is 0 Å². The van der Waals surface area contributed by atoms with Gasteiger partial charge in [0, 0.05) is 0 Å². The minimum absolute atomic E-state index is 0. The summed E-state index contributed by atoms with van der Waals surface area (Å²) in [6.45, 7) is -5.30. The second-order valence-corrected chi connectivity index (χ2v) is 4.03. The molecule has 0 aliphatic carbocycles. The van der Waals surface area contributed by atoms with Crippen molar-refractivity contribution in [2.75, 3.05) is 0 Å². The zero-order valence-electron chi connectivity index (χ0n) is 10.8. The first kappa shape index (κ1) is 17.7. The second-order valence-electron chi connectivity index (χ2n) is 4.03. The molecule has 0 N–H and O–H groups in total. The zero-order valence-corrected chi connectivity index (χ0v) is 13.9. The van der Waals surface area contributed by atoms with Crippen molar-refractivity contribution in [1.82, 2.24) is 0 Å². The molecule has 0 aliphatic rings. The molecule has 0 heterocycles. The van der Waals surface area contributed by atoms with Gasteiger partial charge in [-0.05, 0) is 23.8 Å². The Balaban J connectivity index is 0.00000200. The third kappa shape index (κ3) is 4.89. The summed E-state index contributed by atoms with van der Waals surface area (Å²) < 4.78 is 56.3. The summed E-state index contributed by atoms with van der Waals surface area (Å²) in [5.41, 5.74) is -0.302. The monoisotopic (exact) mass is 308 g/mol. The molecule has 0 spiro atoms. The molecule has 20 heavy (non-hydrogen) atoms. The van der Waals surface area contributed by atoms with Gasteiger partial charge in [0.25, 0.3) is 0 Å². The Morgan fingerprint density at radius 3 is 2.20 bits per heavy atom. The van der Waals surface area contributed by atoms with Crippen molar-refractivity contribution in [2.45, 2.75) is 6.61 Å². The fourth-order valence-electron chi connectivity index (χ4n) is 1.64. The molecule has 2 rings (SSSR count). The van der Waals surface area contributed by atoms with Crippen molar-refractivity contribution in [3.8, 4) is 5.75 Å². The maximum atomic E-state index is 12.9. The van der Waals surface area contributed by atoms with E-state index < -0.39 is 18.3 Å². The van der Waals surface area contributed by atoms with Crippen LogP contribution in [0, 0.1) is 5.82 Å². The SMILES string of the molecule is Fc1ccc(OCc2ccccc2)c([B-](F)(F)F)c1.[K+]. The molecule has 0 saturated carbocycles. The largest absolute Gasteiger partial charge is 1.00 e. The molecule has 0 atom stereocenters. The third-order valence-electron chi connectivity index (χ3n) is 2.56. The molecule has 0 aliphatic heterocycles. The van der Waals surface area contributed by atoms with Gasteiger partial charge in [-0.2, -0.15) is 0 Å². The van der Waals surface area contributed by atoms with Gasteiger partial charge in [0.05, 0.1) is 5.75 Å². The number of benzene rings is 2. The molecule has 2 aromatic rings. The van der Waals surface area contributed by atoms with E-state index in [4.69, 9.17) is 4.74 Å². The van der Waals surface area contributed by atoms with Crippen LogP contribution in [0.1, 0.15) is 5.56 Å². The summed E-state index contributed by atoms with van der Waals surface area (Å²) in [7, 11) is 0. The molecule has 0 saturated heterocycles. The molecule has 0 bridgehead atoms. The molecule has 0 fully saturated rings. The van der Waals surface area contributed by atoms with Crippen LogP contribution in [-0.4, -0.2) is 6.98 Å². The topological polar surface area (TPSA) is 9.23 Å². The van der Waals surface area contributed by atoms with Gasteiger partial charge >= 0.3 is 58.4 Å². The summed E-state index contributed by atoms with van der Waals surface area (Å²) in [6, 6.07) is 11.2.